The van der Waals surface area contributed by atoms with Crippen LogP contribution in [0.3, 0.4) is 0 Å². The van der Waals surface area contributed by atoms with Crippen molar-refractivity contribution in [3.63, 3.8) is 0 Å². The van der Waals surface area contributed by atoms with Gasteiger partial charge in [0.15, 0.2) is 5.78 Å². The average Bonchev–Trinajstić information content (AvgIpc) is 2.48. The standard InChI is InChI=1S/C17H17FO2/c1-12-10-15(8-9-16(12)18)17(19)13(2)20-11-14-6-4-3-5-7-14/h3-10,13H,11H2,1-2H3. The number of ketones is 1. The average molecular weight is 272 g/mol. The van der Waals surface area contributed by atoms with Crippen LogP contribution >= 0.6 is 0 Å². The Labute approximate surface area is 118 Å². The molecule has 0 saturated heterocycles. The molecule has 0 saturated carbocycles. The molecule has 0 heterocycles. The van der Waals surface area contributed by atoms with E-state index in [0.29, 0.717) is 17.7 Å². The van der Waals surface area contributed by atoms with Crippen LogP contribution in [0.5, 0.6) is 0 Å². The van der Waals surface area contributed by atoms with Gasteiger partial charge in [-0.2, -0.15) is 0 Å². The summed E-state index contributed by atoms with van der Waals surface area (Å²) in [4.78, 5) is 12.2. The van der Waals surface area contributed by atoms with Crippen LogP contribution in [0.2, 0.25) is 0 Å². The highest BCUT2D eigenvalue weighted by Crippen LogP contribution is 2.13. The van der Waals surface area contributed by atoms with Crippen molar-refractivity contribution >= 4 is 5.78 Å². The van der Waals surface area contributed by atoms with Crippen molar-refractivity contribution in [2.24, 2.45) is 0 Å². The smallest absolute Gasteiger partial charge is 0.191 e. The van der Waals surface area contributed by atoms with Gasteiger partial charge in [0.05, 0.1) is 6.61 Å². The maximum Gasteiger partial charge on any atom is 0.191 e. The van der Waals surface area contributed by atoms with Gasteiger partial charge in [0, 0.05) is 5.56 Å². The van der Waals surface area contributed by atoms with Crippen molar-refractivity contribution in [3.8, 4) is 0 Å². The van der Waals surface area contributed by atoms with Crippen molar-refractivity contribution < 1.29 is 13.9 Å². The molecule has 2 nitrogen and oxygen atoms in total. The first-order valence-electron chi connectivity index (χ1n) is 6.54. The Balaban J connectivity index is 1.99. The number of aryl methyl sites for hydroxylation is 1. The van der Waals surface area contributed by atoms with Crippen molar-refractivity contribution in [2.75, 3.05) is 0 Å². The number of hydrogen-bond donors (Lipinski definition) is 0. The Hall–Kier alpha value is -2.00. The normalized spacial score (nSPS) is 12.2. The molecule has 0 bridgehead atoms. The van der Waals surface area contributed by atoms with Gasteiger partial charge >= 0.3 is 0 Å². The molecule has 1 unspecified atom stereocenters. The molecule has 2 aromatic rings. The van der Waals surface area contributed by atoms with E-state index in [0.717, 1.165) is 5.56 Å². The number of carbonyl (C=O) groups excluding carboxylic acids is 1. The van der Waals surface area contributed by atoms with Crippen LogP contribution in [0.4, 0.5) is 4.39 Å². The van der Waals surface area contributed by atoms with E-state index in [1.807, 2.05) is 30.3 Å². The Bertz CT molecular complexity index is 593. The van der Waals surface area contributed by atoms with Gasteiger partial charge in [-0.25, -0.2) is 4.39 Å². The molecule has 0 aliphatic rings. The SMILES string of the molecule is Cc1cc(C(=O)C(C)OCc2ccccc2)ccc1F. The summed E-state index contributed by atoms with van der Waals surface area (Å²) in [6, 6.07) is 14.0. The van der Waals surface area contributed by atoms with Crippen LogP contribution in [-0.2, 0) is 11.3 Å². The van der Waals surface area contributed by atoms with E-state index in [1.165, 1.54) is 12.1 Å². The molecule has 3 heteroatoms. The molecule has 0 spiro atoms. The number of rotatable bonds is 5. The first kappa shape index (κ1) is 14.4. The van der Waals surface area contributed by atoms with Crippen LogP contribution in [0, 0.1) is 12.7 Å². The number of benzene rings is 2. The third-order valence-electron chi connectivity index (χ3n) is 3.15. The van der Waals surface area contributed by atoms with Gasteiger partial charge in [-0.15, -0.1) is 0 Å². The molecular formula is C17H17FO2. The number of halogens is 1. The Morgan fingerprint density at radius 1 is 1.20 bits per heavy atom. The zero-order valence-electron chi connectivity index (χ0n) is 11.6. The van der Waals surface area contributed by atoms with E-state index in [9.17, 15) is 9.18 Å². The molecule has 0 fully saturated rings. The fourth-order valence-electron chi connectivity index (χ4n) is 1.90. The Morgan fingerprint density at radius 3 is 2.55 bits per heavy atom. The lowest BCUT2D eigenvalue weighted by Gasteiger charge is -2.12. The fraction of sp³-hybridized carbons (Fsp3) is 0.235. The van der Waals surface area contributed by atoms with E-state index in [1.54, 1.807) is 19.9 Å². The first-order valence-corrected chi connectivity index (χ1v) is 6.54. The van der Waals surface area contributed by atoms with Crippen LogP contribution in [-0.4, -0.2) is 11.9 Å². The number of carbonyl (C=O) groups is 1. The molecule has 2 aromatic carbocycles. The summed E-state index contributed by atoms with van der Waals surface area (Å²) in [7, 11) is 0. The van der Waals surface area contributed by atoms with E-state index in [2.05, 4.69) is 0 Å². The molecule has 0 aliphatic carbocycles. The predicted molar refractivity (Wildman–Crippen MR) is 76.2 cm³/mol. The van der Waals surface area contributed by atoms with Gasteiger partial charge in [-0.1, -0.05) is 30.3 Å². The molecule has 104 valence electrons. The summed E-state index contributed by atoms with van der Waals surface area (Å²) in [6.07, 6.45) is -0.555. The molecule has 0 radical (unpaired) electrons. The summed E-state index contributed by atoms with van der Waals surface area (Å²) in [6.45, 7) is 3.74. The number of hydrogen-bond acceptors (Lipinski definition) is 2. The summed E-state index contributed by atoms with van der Waals surface area (Å²) in [5.74, 6) is -0.441. The summed E-state index contributed by atoms with van der Waals surface area (Å²) >= 11 is 0. The highest BCUT2D eigenvalue weighted by atomic mass is 19.1. The fourth-order valence-corrected chi connectivity index (χ4v) is 1.90. The maximum absolute atomic E-state index is 13.2. The third kappa shape index (κ3) is 3.52. The molecule has 20 heavy (non-hydrogen) atoms. The van der Waals surface area contributed by atoms with Crippen molar-refractivity contribution in [1.82, 2.24) is 0 Å². The topological polar surface area (TPSA) is 26.3 Å². The molecule has 1 atom stereocenters. The minimum Gasteiger partial charge on any atom is -0.366 e. The quantitative estimate of drug-likeness (QED) is 0.771. The number of Topliss-reactive ketones (excluding diaryl/α,β-unsaturated/α-hetero) is 1. The van der Waals surface area contributed by atoms with Crippen LogP contribution in [0.25, 0.3) is 0 Å². The Kier molecular flexibility index (Phi) is 4.64. The van der Waals surface area contributed by atoms with Crippen molar-refractivity contribution in [3.05, 3.63) is 71.0 Å². The lowest BCUT2D eigenvalue weighted by atomic mass is 10.0. The van der Waals surface area contributed by atoms with E-state index in [-0.39, 0.29) is 11.6 Å². The van der Waals surface area contributed by atoms with Gasteiger partial charge in [-0.3, -0.25) is 4.79 Å². The van der Waals surface area contributed by atoms with Gasteiger partial charge in [0.1, 0.15) is 11.9 Å². The minimum atomic E-state index is -0.555. The summed E-state index contributed by atoms with van der Waals surface area (Å²) in [5.41, 5.74) is 1.96. The van der Waals surface area contributed by atoms with Crippen LogP contribution < -0.4 is 0 Å². The highest BCUT2D eigenvalue weighted by Gasteiger charge is 2.16. The minimum absolute atomic E-state index is 0.135. The van der Waals surface area contributed by atoms with Gasteiger partial charge in [-0.05, 0) is 43.2 Å². The predicted octanol–water partition coefficient (Wildman–Crippen LogP) is 3.92. The zero-order valence-corrected chi connectivity index (χ0v) is 11.6. The van der Waals surface area contributed by atoms with E-state index in [4.69, 9.17) is 4.74 Å². The van der Waals surface area contributed by atoms with E-state index < -0.39 is 6.10 Å². The lowest BCUT2D eigenvalue weighted by Crippen LogP contribution is -2.21. The van der Waals surface area contributed by atoms with Gasteiger partial charge in [0.2, 0.25) is 0 Å². The Morgan fingerprint density at radius 2 is 1.90 bits per heavy atom. The first-order chi connectivity index (χ1) is 9.58. The summed E-state index contributed by atoms with van der Waals surface area (Å²) in [5, 5.41) is 0. The maximum atomic E-state index is 13.2. The second-order valence-corrected chi connectivity index (χ2v) is 4.77. The largest absolute Gasteiger partial charge is 0.366 e. The molecular weight excluding hydrogens is 255 g/mol. The van der Waals surface area contributed by atoms with Crippen LogP contribution in [0.1, 0.15) is 28.4 Å². The monoisotopic (exact) mass is 272 g/mol. The second kappa shape index (κ2) is 6.44. The lowest BCUT2D eigenvalue weighted by molar-refractivity contribution is 0.0412. The van der Waals surface area contributed by atoms with Crippen molar-refractivity contribution in [1.29, 1.82) is 0 Å². The molecule has 0 amide bonds. The molecule has 0 aliphatic heterocycles. The van der Waals surface area contributed by atoms with Gasteiger partial charge in [0.25, 0.3) is 0 Å². The molecule has 0 aromatic heterocycles. The molecule has 0 N–H and O–H groups in total. The highest BCUT2D eigenvalue weighted by molar-refractivity contribution is 5.99. The summed E-state index contributed by atoms with van der Waals surface area (Å²) < 4.78 is 18.8. The van der Waals surface area contributed by atoms with Gasteiger partial charge < -0.3 is 4.74 Å². The second-order valence-electron chi connectivity index (χ2n) is 4.77. The van der Waals surface area contributed by atoms with Crippen LogP contribution in [0.15, 0.2) is 48.5 Å². The zero-order chi connectivity index (χ0) is 14.5. The van der Waals surface area contributed by atoms with Crippen molar-refractivity contribution in [2.45, 2.75) is 26.6 Å². The molecule has 2 rings (SSSR count). The number of ether oxygens (including phenoxy) is 1. The van der Waals surface area contributed by atoms with E-state index >= 15 is 0 Å². The third-order valence-corrected chi connectivity index (χ3v) is 3.15.